The average Bonchev–Trinajstić information content (AvgIpc) is 3.10. The number of amides is 1. The van der Waals surface area contributed by atoms with Gasteiger partial charge in [0.25, 0.3) is 0 Å². The van der Waals surface area contributed by atoms with E-state index in [4.69, 9.17) is 4.52 Å². The molecule has 1 saturated carbocycles. The topological polar surface area (TPSA) is 83.3 Å². The highest BCUT2D eigenvalue weighted by Gasteiger charge is 2.30. The van der Waals surface area contributed by atoms with Crippen LogP contribution in [-0.2, 0) is 11.3 Å². The summed E-state index contributed by atoms with van der Waals surface area (Å²) in [4.78, 5) is 19.0. The zero-order chi connectivity index (χ0) is 16.4. The van der Waals surface area contributed by atoms with Gasteiger partial charge in [0.1, 0.15) is 0 Å². The fourth-order valence-electron chi connectivity index (χ4n) is 3.77. The molecule has 2 aliphatic heterocycles. The maximum absolute atomic E-state index is 12.1. The molecule has 8 heteroatoms. The zero-order valence-electron chi connectivity index (χ0n) is 14.6. The van der Waals surface area contributed by atoms with Crippen LogP contribution >= 0.6 is 12.4 Å². The lowest BCUT2D eigenvalue weighted by atomic mass is 9.98. The van der Waals surface area contributed by atoms with E-state index in [0.717, 1.165) is 63.7 Å². The fraction of sp³-hybridized carbons (Fsp3) is 0.824. The molecule has 3 aliphatic rings. The molecule has 1 amide bonds. The second kappa shape index (κ2) is 8.47. The van der Waals surface area contributed by atoms with Gasteiger partial charge in [-0.3, -0.25) is 9.69 Å². The number of hydrogen-bond donors (Lipinski definition) is 2. The summed E-state index contributed by atoms with van der Waals surface area (Å²) < 4.78 is 5.39. The maximum atomic E-state index is 12.1. The molecule has 2 atom stereocenters. The molecular formula is C17H28ClN5O2. The number of nitrogens with zero attached hydrogens (tertiary/aromatic N) is 3. The number of nitrogens with one attached hydrogen (secondary N) is 2. The van der Waals surface area contributed by atoms with Gasteiger partial charge >= 0.3 is 0 Å². The van der Waals surface area contributed by atoms with Gasteiger partial charge in [-0.2, -0.15) is 4.98 Å². The normalized spacial score (nSPS) is 27.0. The molecule has 2 unspecified atom stereocenters. The lowest BCUT2D eigenvalue weighted by Crippen LogP contribution is -2.45. The van der Waals surface area contributed by atoms with Crippen molar-refractivity contribution in [3.05, 3.63) is 11.7 Å². The average molecular weight is 370 g/mol. The SMILES string of the molecule is Cl.O=C(NCC1CCCN(Cc2nc(C3CC3)no2)C1)C1CCCN1. The van der Waals surface area contributed by atoms with Crippen molar-refractivity contribution in [1.29, 1.82) is 0 Å². The Kier molecular flexibility index (Phi) is 6.30. The van der Waals surface area contributed by atoms with Crippen molar-refractivity contribution in [2.45, 2.75) is 57.0 Å². The van der Waals surface area contributed by atoms with E-state index in [9.17, 15) is 4.79 Å². The number of likely N-dealkylation sites (tertiary alicyclic amines) is 1. The van der Waals surface area contributed by atoms with Crippen LogP contribution in [0, 0.1) is 5.92 Å². The fourth-order valence-corrected chi connectivity index (χ4v) is 3.77. The molecule has 1 aliphatic carbocycles. The van der Waals surface area contributed by atoms with Crippen LogP contribution in [0.15, 0.2) is 4.52 Å². The number of piperidine rings is 1. The molecule has 0 bridgehead atoms. The third-order valence-corrected chi connectivity index (χ3v) is 5.33. The van der Waals surface area contributed by atoms with Crippen molar-refractivity contribution in [2.24, 2.45) is 5.92 Å². The van der Waals surface area contributed by atoms with Crippen LogP contribution in [-0.4, -0.2) is 53.2 Å². The molecule has 1 aromatic heterocycles. The molecule has 2 N–H and O–H groups in total. The van der Waals surface area contributed by atoms with Gasteiger partial charge in [0.05, 0.1) is 12.6 Å². The summed E-state index contributed by atoms with van der Waals surface area (Å²) in [5.41, 5.74) is 0. The summed E-state index contributed by atoms with van der Waals surface area (Å²) in [6, 6.07) is 0.0175. The van der Waals surface area contributed by atoms with E-state index in [1.807, 2.05) is 0 Å². The van der Waals surface area contributed by atoms with E-state index < -0.39 is 0 Å². The van der Waals surface area contributed by atoms with Crippen molar-refractivity contribution in [3.63, 3.8) is 0 Å². The zero-order valence-corrected chi connectivity index (χ0v) is 15.4. The lowest BCUT2D eigenvalue weighted by Gasteiger charge is -2.32. The third-order valence-electron chi connectivity index (χ3n) is 5.33. The molecule has 0 spiro atoms. The lowest BCUT2D eigenvalue weighted by molar-refractivity contribution is -0.123. The molecule has 0 radical (unpaired) electrons. The first-order valence-corrected chi connectivity index (χ1v) is 9.34. The van der Waals surface area contributed by atoms with Crippen LogP contribution < -0.4 is 10.6 Å². The molecule has 4 rings (SSSR count). The van der Waals surface area contributed by atoms with Crippen molar-refractivity contribution < 1.29 is 9.32 Å². The van der Waals surface area contributed by atoms with E-state index in [-0.39, 0.29) is 24.4 Å². The van der Waals surface area contributed by atoms with Crippen LogP contribution in [0.4, 0.5) is 0 Å². The number of rotatable bonds is 6. The molecule has 7 nitrogen and oxygen atoms in total. The van der Waals surface area contributed by atoms with Crippen molar-refractivity contribution in [2.75, 3.05) is 26.2 Å². The van der Waals surface area contributed by atoms with Crippen LogP contribution in [0.2, 0.25) is 0 Å². The second-order valence-electron chi connectivity index (χ2n) is 7.46. The van der Waals surface area contributed by atoms with Gasteiger partial charge in [0.2, 0.25) is 11.8 Å². The number of hydrogen-bond acceptors (Lipinski definition) is 6. The Balaban J connectivity index is 0.00000182. The Morgan fingerprint density at radius 3 is 2.92 bits per heavy atom. The quantitative estimate of drug-likeness (QED) is 0.789. The summed E-state index contributed by atoms with van der Waals surface area (Å²) in [5.74, 6) is 2.83. The number of halogens is 1. The molecule has 140 valence electrons. The van der Waals surface area contributed by atoms with E-state index in [1.54, 1.807) is 0 Å². The first-order valence-electron chi connectivity index (χ1n) is 9.34. The molecular weight excluding hydrogens is 342 g/mol. The van der Waals surface area contributed by atoms with E-state index in [0.29, 0.717) is 11.8 Å². The van der Waals surface area contributed by atoms with Crippen molar-refractivity contribution in [1.82, 2.24) is 25.7 Å². The Labute approximate surface area is 154 Å². The minimum absolute atomic E-state index is 0. The van der Waals surface area contributed by atoms with Gasteiger partial charge in [-0.15, -0.1) is 12.4 Å². The van der Waals surface area contributed by atoms with Gasteiger partial charge in [0.15, 0.2) is 5.82 Å². The second-order valence-corrected chi connectivity index (χ2v) is 7.46. The Bertz CT molecular complexity index is 571. The van der Waals surface area contributed by atoms with Crippen LogP contribution in [0.25, 0.3) is 0 Å². The predicted octanol–water partition coefficient (Wildman–Crippen LogP) is 1.45. The van der Waals surface area contributed by atoms with Gasteiger partial charge in [-0.1, -0.05) is 5.16 Å². The Morgan fingerprint density at radius 2 is 2.16 bits per heavy atom. The minimum Gasteiger partial charge on any atom is -0.354 e. The van der Waals surface area contributed by atoms with Crippen LogP contribution in [0.3, 0.4) is 0 Å². The van der Waals surface area contributed by atoms with Gasteiger partial charge in [-0.25, -0.2) is 0 Å². The van der Waals surface area contributed by atoms with Crippen molar-refractivity contribution >= 4 is 18.3 Å². The van der Waals surface area contributed by atoms with Gasteiger partial charge in [-0.05, 0) is 57.5 Å². The van der Waals surface area contributed by atoms with E-state index in [1.165, 1.54) is 19.3 Å². The Hall–Kier alpha value is -1.18. The standard InChI is InChI=1S/C17H27N5O2.ClH/c23-17(14-4-1-7-18-14)19-9-12-3-2-8-22(10-12)11-15-20-16(21-24-15)13-5-6-13;/h12-14,18H,1-11H2,(H,19,23);1H. The first-order chi connectivity index (χ1) is 11.8. The molecule has 25 heavy (non-hydrogen) atoms. The summed E-state index contributed by atoms with van der Waals surface area (Å²) in [6.45, 7) is 4.51. The minimum atomic E-state index is 0. The van der Waals surface area contributed by atoms with E-state index >= 15 is 0 Å². The summed E-state index contributed by atoms with van der Waals surface area (Å²) >= 11 is 0. The number of carbonyl (C=O) groups excluding carboxylic acids is 1. The largest absolute Gasteiger partial charge is 0.354 e. The summed E-state index contributed by atoms with van der Waals surface area (Å²) in [7, 11) is 0. The molecule has 0 aromatic carbocycles. The van der Waals surface area contributed by atoms with Gasteiger partial charge in [0, 0.05) is 19.0 Å². The highest BCUT2D eigenvalue weighted by atomic mass is 35.5. The summed E-state index contributed by atoms with van der Waals surface area (Å²) in [6.07, 6.45) is 6.78. The Morgan fingerprint density at radius 1 is 1.28 bits per heavy atom. The van der Waals surface area contributed by atoms with Crippen LogP contribution in [0.1, 0.15) is 56.2 Å². The third kappa shape index (κ3) is 4.92. The van der Waals surface area contributed by atoms with Crippen LogP contribution in [0.5, 0.6) is 0 Å². The van der Waals surface area contributed by atoms with Crippen molar-refractivity contribution in [3.8, 4) is 0 Å². The molecule has 3 heterocycles. The monoisotopic (exact) mass is 369 g/mol. The predicted molar refractivity (Wildman–Crippen MR) is 95.6 cm³/mol. The highest BCUT2D eigenvalue weighted by molar-refractivity contribution is 5.85. The first kappa shape index (κ1) is 18.6. The highest BCUT2D eigenvalue weighted by Crippen LogP contribution is 2.38. The summed E-state index contributed by atoms with van der Waals surface area (Å²) in [5, 5.41) is 10.5. The van der Waals surface area contributed by atoms with Gasteiger partial charge < -0.3 is 15.2 Å². The smallest absolute Gasteiger partial charge is 0.240 e. The van der Waals surface area contributed by atoms with E-state index in [2.05, 4.69) is 25.7 Å². The molecule has 1 aromatic rings. The maximum Gasteiger partial charge on any atom is 0.240 e. The number of carbonyl (C=O) groups is 1. The molecule has 3 fully saturated rings. The number of aromatic nitrogens is 2. The molecule has 2 saturated heterocycles.